The molecule has 0 bridgehead atoms. The summed E-state index contributed by atoms with van der Waals surface area (Å²) in [6.07, 6.45) is 1.54. The van der Waals surface area contributed by atoms with E-state index in [1.807, 2.05) is 0 Å². The number of hydrogen-bond donors (Lipinski definition) is 2. The Morgan fingerprint density at radius 1 is 1.35 bits per heavy atom. The molecule has 3 rings (SSSR count). The van der Waals surface area contributed by atoms with Crippen LogP contribution >= 0.6 is 11.3 Å². The van der Waals surface area contributed by atoms with E-state index < -0.39 is 0 Å². The first-order chi connectivity index (χ1) is 12.6. The second kappa shape index (κ2) is 8.37. The molecular formula is C18H21FN4O2S. The molecule has 1 aliphatic rings. The molecule has 1 aromatic heterocycles. The number of aromatic nitrogens is 1. The van der Waals surface area contributed by atoms with Crippen molar-refractivity contribution in [2.45, 2.75) is 12.8 Å². The van der Waals surface area contributed by atoms with Gasteiger partial charge in [0.2, 0.25) is 5.91 Å². The normalized spacial score (nSPS) is 17.2. The molecule has 1 unspecified atom stereocenters. The molecule has 6 nitrogen and oxygen atoms in total. The van der Waals surface area contributed by atoms with Crippen molar-refractivity contribution < 1.29 is 14.0 Å². The number of rotatable bonds is 5. The number of nitrogens with one attached hydrogen (secondary N) is 1. The molecule has 0 spiro atoms. The molecule has 26 heavy (non-hydrogen) atoms. The molecule has 138 valence electrons. The summed E-state index contributed by atoms with van der Waals surface area (Å²) in [5.74, 6) is -0.757. The molecule has 0 aliphatic carbocycles. The topological polar surface area (TPSA) is 88.3 Å². The quantitative estimate of drug-likeness (QED) is 0.834. The zero-order valence-electron chi connectivity index (χ0n) is 14.3. The zero-order chi connectivity index (χ0) is 18.5. The van der Waals surface area contributed by atoms with E-state index in [1.165, 1.54) is 23.5 Å². The molecule has 8 heteroatoms. The van der Waals surface area contributed by atoms with E-state index >= 15 is 0 Å². The Labute approximate surface area is 155 Å². The van der Waals surface area contributed by atoms with Crippen molar-refractivity contribution in [3.05, 3.63) is 41.2 Å². The van der Waals surface area contributed by atoms with Crippen LogP contribution < -0.4 is 11.1 Å². The Bertz CT molecular complexity index is 778. The average Bonchev–Trinajstić information content (AvgIpc) is 3.16. The van der Waals surface area contributed by atoms with Gasteiger partial charge in [-0.1, -0.05) is 0 Å². The SMILES string of the molecule is NCCNC(=O)C1CCCN(C(=O)c2csc(-c3ccc(F)cc3)n2)C1. The molecule has 1 atom stereocenters. The second-order valence-corrected chi connectivity index (χ2v) is 7.07. The van der Waals surface area contributed by atoms with Gasteiger partial charge in [-0.15, -0.1) is 11.3 Å². The monoisotopic (exact) mass is 376 g/mol. The Balaban J connectivity index is 1.67. The van der Waals surface area contributed by atoms with Crippen LogP contribution in [0.5, 0.6) is 0 Å². The lowest BCUT2D eigenvalue weighted by Crippen LogP contribution is -2.46. The summed E-state index contributed by atoms with van der Waals surface area (Å²) < 4.78 is 13.0. The smallest absolute Gasteiger partial charge is 0.273 e. The molecular weight excluding hydrogens is 355 g/mol. The number of amides is 2. The number of piperidine rings is 1. The minimum Gasteiger partial charge on any atom is -0.355 e. The van der Waals surface area contributed by atoms with Gasteiger partial charge in [-0.3, -0.25) is 9.59 Å². The highest BCUT2D eigenvalue weighted by atomic mass is 32.1. The Morgan fingerprint density at radius 3 is 2.85 bits per heavy atom. The van der Waals surface area contributed by atoms with Crippen molar-refractivity contribution in [2.75, 3.05) is 26.2 Å². The van der Waals surface area contributed by atoms with Crippen LogP contribution in [-0.2, 0) is 4.79 Å². The minimum absolute atomic E-state index is 0.0572. The van der Waals surface area contributed by atoms with Crippen LogP contribution in [0.3, 0.4) is 0 Å². The van der Waals surface area contributed by atoms with Crippen LogP contribution in [-0.4, -0.2) is 47.9 Å². The molecule has 0 radical (unpaired) electrons. The number of nitrogens with two attached hydrogens (primary N) is 1. The number of hydrogen-bond acceptors (Lipinski definition) is 5. The summed E-state index contributed by atoms with van der Waals surface area (Å²) in [5.41, 5.74) is 6.54. The molecule has 2 heterocycles. The molecule has 1 aromatic carbocycles. The van der Waals surface area contributed by atoms with E-state index in [1.54, 1.807) is 22.4 Å². The van der Waals surface area contributed by atoms with Crippen LogP contribution in [0.1, 0.15) is 23.3 Å². The van der Waals surface area contributed by atoms with Crippen LogP contribution in [0, 0.1) is 11.7 Å². The third-order valence-corrected chi connectivity index (χ3v) is 5.23. The van der Waals surface area contributed by atoms with E-state index in [4.69, 9.17) is 5.73 Å². The Morgan fingerprint density at radius 2 is 2.12 bits per heavy atom. The van der Waals surface area contributed by atoms with Gasteiger partial charge in [0.25, 0.3) is 5.91 Å². The van der Waals surface area contributed by atoms with E-state index in [2.05, 4.69) is 10.3 Å². The van der Waals surface area contributed by atoms with Crippen LogP contribution in [0.25, 0.3) is 10.6 Å². The standard InChI is InChI=1S/C18H21FN4O2S/c19-14-5-3-12(4-6-14)17-22-15(11-26-17)18(25)23-9-1-2-13(10-23)16(24)21-8-7-20/h3-6,11,13H,1-2,7-10,20H2,(H,21,24). The fraction of sp³-hybridized carbons (Fsp3) is 0.389. The van der Waals surface area contributed by atoms with Crippen LogP contribution in [0.2, 0.25) is 0 Å². The minimum atomic E-state index is -0.311. The Hall–Kier alpha value is -2.32. The number of nitrogens with zero attached hydrogens (tertiary/aromatic N) is 2. The summed E-state index contributed by atoms with van der Waals surface area (Å²) in [7, 11) is 0. The summed E-state index contributed by atoms with van der Waals surface area (Å²) in [4.78, 5) is 30.9. The highest BCUT2D eigenvalue weighted by Gasteiger charge is 2.29. The van der Waals surface area contributed by atoms with E-state index in [0.717, 1.165) is 18.4 Å². The molecule has 1 aliphatic heterocycles. The fourth-order valence-electron chi connectivity index (χ4n) is 2.97. The van der Waals surface area contributed by atoms with Crippen molar-refractivity contribution in [1.82, 2.24) is 15.2 Å². The van der Waals surface area contributed by atoms with Gasteiger partial charge < -0.3 is 16.0 Å². The highest BCUT2D eigenvalue weighted by molar-refractivity contribution is 7.13. The van der Waals surface area contributed by atoms with E-state index in [9.17, 15) is 14.0 Å². The third-order valence-electron chi connectivity index (χ3n) is 4.34. The van der Waals surface area contributed by atoms with Crippen molar-refractivity contribution in [1.29, 1.82) is 0 Å². The maximum absolute atomic E-state index is 13.0. The molecule has 2 amide bonds. The van der Waals surface area contributed by atoms with Gasteiger partial charge >= 0.3 is 0 Å². The first-order valence-corrected chi connectivity index (χ1v) is 9.45. The molecule has 2 aromatic rings. The zero-order valence-corrected chi connectivity index (χ0v) is 15.1. The van der Waals surface area contributed by atoms with Crippen molar-refractivity contribution in [2.24, 2.45) is 11.7 Å². The average molecular weight is 376 g/mol. The van der Waals surface area contributed by atoms with Gasteiger partial charge in [0.05, 0.1) is 5.92 Å². The van der Waals surface area contributed by atoms with Crippen LogP contribution in [0.15, 0.2) is 29.6 Å². The predicted molar refractivity (Wildman–Crippen MR) is 98.2 cm³/mol. The van der Waals surface area contributed by atoms with E-state index in [0.29, 0.717) is 36.9 Å². The number of benzene rings is 1. The summed E-state index contributed by atoms with van der Waals surface area (Å²) in [6.45, 7) is 1.84. The number of thiazole rings is 1. The predicted octanol–water partition coefficient (Wildman–Crippen LogP) is 1.88. The van der Waals surface area contributed by atoms with Crippen LogP contribution in [0.4, 0.5) is 4.39 Å². The number of likely N-dealkylation sites (tertiary alicyclic amines) is 1. The van der Waals surface area contributed by atoms with Gasteiger partial charge in [-0.25, -0.2) is 9.37 Å². The summed E-state index contributed by atoms with van der Waals surface area (Å²) >= 11 is 1.34. The van der Waals surface area contributed by atoms with Gasteiger partial charge in [0, 0.05) is 37.1 Å². The lowest BCUT2D eigenvalue weighted by molar-refractivity contribution is -0.126. The number of carbonyl (C=O) groups is 2. The molecule has 3 N–H and O–H groups in total. The third kappa shape index (κ3) is 4.25. The Kier molecular flexibility index (Phi) is 5.95. The second-order valence-electron chi connectivity index (χ2n) is 6.21. The maximum atomic E-state index is 13.0. The van der Waals surface area contributed by atoms with Crippen molar-refractivity contribution >= 4 is 23.2 Å². The number of halogens is 1. The lowest BCUT2D eigenvalue weighted by atomic mass is 9.97. The van der Waals surface area contributed by atoms with Crippen molar-refractivity contribution in [3.63, 3.8) is 0 Å². The largest absolute Gasteiger partial charge is 0.355 e. The highest BCUT2D eigenvalue weighted by Crippen LogP contribution is 2.25. The first kappa shape index (κ1) is 18.5. The van der Waals surface area contributed by atoms with Crippen molar-refractivity contribution in [3.8, 4) is 10.6 Å². The lowest BCUT2D eigenvalue weighted by Gasteiger charge is -2.31. The first-order valence-electron chi connectivity index (χ1n) is 8.57. The maximum Gasteiger partial charge on any atom is 0.273 e. The molecule has 1 saturated heterocycles. The van der Waals surface area contributed by atoms with Gasteiger partial charge in [0.1, 0.15) is 16.5 Å². The van der Waals surface area contributed by atoms with Gasteiger partial charge in [-0.2, -0.15) is 0 Å². The van der Waals surface area contributed by atoms with E-state index in [-0.39, 0.29) is 23.5 Å². The fourth-order valence-corrected chi connectivity index (χ4v) is 3.77. The van der Waals surface area contributed by atoms with Gasteiger partial charge in [0.15, 0.2) is 0 Å². The van der Waals surface area contributed by atoms with Gasteiger partial charge in [-0.05, 0) is 37.1 Å². The summed E-state index contributed by atoms with van der Waals surface area (Å²) in [6, 6.07) is 6.02. The number of carbonyl (C=O) groups excluding carboxylic acids is 2. The summed E-state index contributed by atoms with van der Waals surface area (Å²) in [5, 5.41) is 5.16. The molecule has 0 saturated carbocycles. The molecule has 1 fully saturated rings.